The number of aromatic carboxylic acids is 1. The van der Waals surface area contributed by atoms with Gasteiger partial charge in [0.1, 0.15) is 11.6 Å². The molecule has 1 aromatic heterocycles. The van der Waals surface area contributed by atoms with Crippen LogP contribution in [0.1, 0.15) is 51.9 Å². The molecule has 1 aliphatic heterocycles. The second-order valence-corrected chi connectivity index (χ2v) is 10.3. The fourth-order valence-corrected chi connectivity index (χ4v) is 5.44. The van der Waals surface area contributed by atoms with Gasteiger partial charge in [0.05, 0.1) is 24.4 Å². The molecule has 1 aliphatic rings. The molecule has 1 saturated heterocycles. The number of carbonyl (C=O) groups excluding carboxylic acids is 1. The van der Waals surface area contributed by atoms with Crippen LogP contribution in [0.4, 0.5) is 4.79 Å². The summed E-state index contributed by atoms with van der Waals surface area (Å²) >= 11 is 1.34. The highest BCUT2D eigenvalue weighted by atomic mass is 32.2. The third kappa shape index (κ3) is 7.48. The van der Waals surface area contributed by atoms with Crippen LogP contribution < -0.4 is 5.32 Å². The highest BCUT2D eigenvalue weighted by molar-refractivity contribution is 7.99. The van der Waals surface area contributed by atoms with Crippen molar-refractivity contribution in [2.24, 2.45) is 5.92 Å². The Balaban J connectivity index is 1.52. The Morgan fingerprint density at radius 1 is 1.07 bits per heavy atom. The zero-order chi connectivity index (χ0) is 28.5. The molecular formula is C30H32N2O7S. The van der Waals surface area contributed by atoms with E-state index in [2.05, 4.69) is 16.9 Å². The van der Waals surface area contributed by atoms with Gasteiger partial charge in [-0.2, -0.15) is 0 Å². The first-order valence-corrected chi connectivity index (χ1v) is 13.8. The minimum absolute atomic E-state index is 0.0461. The molecule has 4 unspecified atom stereocenters. The molecule has 0 radical (unpaired) electrons. The number of pyridine rings is 1. The van der Waals surface area contributed by atoms with Gasteiger partial charge in [-0.3, -0.25) is 0 Å². The van der Waals surface area contributed by atoms with E-state index >= 15 is 0 Å². The van der Waals surface area contributed by atoms with Gasteiger partial charge in [0.15, 0.2) is 6.29 Å². The first-order valence-electron chi connectivity index (χ1n) is 12.8. The first kappa shape index (κ1) is 29.3. The Bertz CT molecular complexity index is 1300. The van der Waals surface area contributed by atoms with Gasteiger partial charge in [0.2, 0.25) is 0 Å². The molecule has 9 nitrogen and oxygen atoms in total. The molecule has 4 rings (SSSR count). The Labute approximate surface area is 237 Å². The Morgan fingerprint density at radius 3 is 2.45 bits per heavy atom. The minimum Gasteiger partial charge on any atom is -0.478 e. The number of carboxylic acids is 1. The number of amides is 1. The maximum atomic E-state index is 11.7. The van der Waals surface area contributed by atoms with Crippen LogP contribution in [0.15, 0.2) is 84.5 Å². The van der Waals surface area contributed by atoms with E-state index in [1.807, 2.05) is 55.5 Å². The van der Waals surface area contributed by atoms with Crippen molar-refractivity contribution < 1.29 is 34.0 Å². The number of carbonyl (C=O) groups is 2. The molecule has 1 amide bonds. The Morgan fingerprint density at radius 2 is 1.77 bits per heavy atom. The second kappa shape index (κ2) is 14.1. The SMILES string of the molecule is C=CCOC(=O)NCc1ccc(C2OC(CSc3ncccc3C(=O)O)C(C)C(c3ccc(CO)cc3)O2)cc1. The van der Waals surface area contributed by atoms with Crippen molar-refractivity contribution in [3.8, 4) is 0 Å². The lowest BCUT2D eigenvalue weighted by Gasteiger charge is -2.41. The van der Waals surface area contributed by atoms with Crippen molar-refractivity contribution in [2.75, 3.05) is 12.4 Å². The van der Waals surface area contributed by atoms with Gasteiger partial charge in [-0.1, -0.05) is 68.1 Å². The molecule has 2 heterocycles. The summed E-state index contributed by atoms with van der Waals surface area (Å²) < 4.78 is 17.8. The van der Waals surface area contributed by atoms with Crippen LogP contribution in [0.3, 0.4) is 0 Å². The van der Waals surface area contributed by atoms with Gasteiger partial charge < -0.3 is 29.7 Å². The summed E-state index contributed by atoms with van der Waals surface area (Å²) in [6, 6.07) is 18.3. The smallest absolute Gasteiger partial charge is 0.407 e. The number of rotatable bonds is 11. The van der Waals surface area contributed by atoms with E-state index in [1.165, 1.54) is 23.9 Å². The highest BCUT2D eigenvalue weighted by Crippen LogP contribution is 2.43. The van der Waals surface area contributed by atoms with Crippen molar-refractivity contribution in [1.82, 2.24) is 10.3 Å². The summed E-state index contributed by atoms with van der Waals surface area (Å²) in [6.07, 6.45) is 1.29. The molecule has 40 heavy (non-hydrogen) atoms. The molecule has 0 aliphatic carbocycles. The number of hydrogen-bond donors (Lipinski definition) is 3. The van der Waals surface area contributed by atoms with Crippen molar-refractivity contribution in [1.29, 1.82) is 0 Å². The number of aliphatic hydroxyl groups excluding tert-OH is 1. The summed E-state index contributed by atoms with van der Waals surface area (Å²) in [5, 5.41) is 22.1. The number of benzene rings is 2. The molecule has 3 aromatic rings. The van der Waals surface area contributed by atoms with Crippen LogP contribution in [0.5, 0.6) is 0 Å². The molecule has 1 fully saturated rings. The van der Waals surface area contributed by atoms with Crippen LogP contribution in [-0.4, -0.2) is 45.7 Å². The molecule has 10 heteroatoms. The van der Waals surface area contributed by atoms with Crippen LogP contribution in [0, 0.1) is 5.92 Å². The number of aromatic nitrogens is 1. The fourth-order valence-electron chi connectivity index (χ4n) is 4.29. The van der Waals surface area contributed by atoms with Gasteiger partial charge in [0.25, 0.3) is 0 Å². The van der Waals surface area contributed by atoms with Crippen LogP contribution in [0.2, 0.25) is 0 Å². The molecule has 2 aromatic carbocycles. The van der Waals surface area contributed by atoms with Crippen LogP contribution in [0.25, 0.3) is 0 Å². The van der Waals surface area contributed by atoms with Crippen LogP contribution >= 0.6 is 11.8 Å². The average Bonchev–Trinajstić information content (AvgIpc) is 2.99. The molecule has 4 atom stereocenters. The van der Waals surface area contributed by atoms with Gasteiger partial charge in [-0.05, 0) is 28.8 Å². The lowest BCUT2D eigenvalue weighted by atomic mass is 9.91. The number of ether oxygens (including phenoxy) is 3. The number of hydrogen-bond acceptors (Lipinski definition) is 8. The summed E-state index contributed by atoms with van der Waals surface area (Å²) in [5.41, 5.74) is 3.60. The molecule has 0 spiro atoms. The molecule has 0 saturated carbocycles. The second-order valence-electron chi connectivity index (χ2n) is 9.28. The number of alkyl carbamates (subject to hydrolysis) is 1. The number of nitrogens with one attached hydrogen (secondary N) is 1. The van der Waals surface area contributed by atoms with Gasteiger partial charge in [0, 0.05) is 30.0 Å². The van der Waals surface area contributed by atoms with Crippen molar-refractivity contribution >= 4 is 23.8 Å². The quantitative estimate of drug-likeness (QED) is 0.211. The first-order chi connectivity index (χ1) is 19.4. The minimum atomic E-state index is -1.03. The molecule has 3 N–H and O–H groups in total. The lowest BCUT2D eigenvalue weighted by molar-refractivity contribution is -0.268. The standard InChI is InChI=1S/C30H32N2O7S/c1-3-15-37-30(36)32-16-20-6-12-23(13-7-20)29-38-25(18-40-27-24(28(34)35)5-4-14-31-27)19(2)26(39-29)22-10-8-21(17-33)9-11-22/h3-14,19,25-26,29,33H,1,15-18H2,2H3,(H,32,36)(H,34,35). The number of carboxylic acid groups (broad SMARTS) is 1. The van der Waals surface area contributed by atoms with Crippen molar-refractivity contribution in [3.05, 3.63) is 107 Å². The molecule has 210 valence electrons. The van der Waals surface area contributed by atoms with E-state index in [0.717, 1.165) is 22.3 Å². The number of nitrogens with zero attached hydrogens (tertiary/aromatic N) is 1. The van der Waals surface area contributed by atoms with Gasteiger partial charge in [-0.25, -0.2) is 14.6 Å². The largest absolute Gasteiger partial charge is 0.478 e. The zero-order valence-corrected chi connectivity index (χ0v) is 22.9. The zero-order valence-electron chi connectivity index (χ0n) is 22.1. The number of aliphatic hydroxyl groups is 1. The third-order valence-corrected chi connectivity index (χ3v) is 7.62. The lowest BCUT2D eigenvalue weighted by Crippen LogP contribution is -2.38. The van der Waals surface area contributed by atoms with E-state index in [9.17, 15) is 19.8 Å². The molecular weight excluding hydrogens is 532 g/mol. The summed E-state index contributed by atoms with van der Waals surface area (Å²) in [4.78, 5) is 27.6. The normalized spacial score (nSPS) is 20.4. The number of thioether (sulfide) groups is 1. The maximum Gasteiger partial charge on any atom is 0.407 e. The topological polar surface area (TPSA) is 127 Å². The van der Waals surface area contributed by atoms with E-state index in [-0.39, 0.29) is 36.9 Å². The maximum absolute atomic E-state index is 11.7. The summed E-state index contributed by atoms with van der Waals surface area (Å²) in [5.74, 6) is -0.621. The van der Waals surface area contributed by atoms with Crippen molar-refractivity contribution in [3.63, 3.8) is 0 Å². The Hall–Kier alpha value is -3.70. The predicted molar refractivity (Wildman–Crippen MR) is 150 cm³/mol. The monoisotopic (exact) mass is 564 g/mol. The summed E-state index contributed by atoms with van der Waals surface area (Å²) in [6.45, 7) is 5.96. The fraction of sp³-hybridized carbons (Fsp3) is 0.300. The Kier molecular flexibility index (Phi) is 10.3. The van der Waals surface area contributed by atoms with E-state index in [0.29, 0.717) is 17.3 Å². The van der Waals surface area contributed by atoms with Crippen LogP contribution in [-0.2, 0) is 27.4 Å². The third-order valence-electron chi connectivity index (χ3n) is 6.53. The van der Waals surface area contributed by atoms with Gasteiger partial charge >= 0.3 is 12.1 Å². The predicted octanol–water partition coefficient (Wildman–Crippen LogP) is 5.27. The van der Waals surface area contributed by atoms with E-state index < -0.39 is 18.4 Å². The molecule has 0 bridgehead atoms. The van der Waals surface area contributed by atoms with Crippen molar-refractivity contribution in [2.45, 2.75) is 43.6 Å². The summed E-state index contributed by atoms with van der Waals surface area (Å²) in [7, 11) is 0. The average molecular weight is 565 g/mol. The van der Waals surface area contributed by atoms with Gasteiger partial charge in [-0.15, -0.1) is 11.8 Å². The highest BCUT2D eigenvalue weighted by Gasteiger charge is 2.38. The van der Waals surface area contributed by atoms with E-state index in [4.69, 9.17) is 14.2 Å². The van der Waals surface area contributed by atoms with E-state index in [1.54, 1.807) is 12.3 Å².